The maximum atomic E-state index is 13.8. The molecule has 0 unspecified atom stereocenters. The summed E-state index contributed by atoms with van der Waals surface area (Å²) in [7, 11) is -4.20. The number of nitrogens with zero attached hydrogens (tertiary/aromatic N) is 2. The van der Waals surface area contributed by atoms with Crippen LogP contribution < -0.4 is 0 Å². The third-order valence-corrected chi connectivity index (χ3v) is 14.0. The van der Waals surface area contributed by atoms with Crippen LogP contribution in [0.25, 0.3) is 0 Å². The topological polar surface area (TPSA) is 59.1 Å². The molecule has 0 aromatic heterocycles. The van der Waals surface area contributed by atoms with Gasteiger partial charge in [-0.25, -0.2) is 4.79 Å². The van der Waals surface area contributed by atoms with Crippen LogP contribution >= 0.6 is 0 Å². The van der Waals surface area contributed by atoms with E-state index in [1.165, 1.54) is 0 Å². The van der Waals surface area contributed by atoms with E-state index in [4.69, 9.17) is 9.16 Å². The summed E-state index contributed by atoms with van der Waals surface area (Å²) in [6.07, 6.45) is -0.611. The Morgan fingerprint density at radius 2 is 1.53 bits per heavy atom. The second-order valence-corrected chi connectivity index (χ2v) is 23.0. The van der Waals surface area contributed by atoms with E-state index in [-0.39, 0.29) is 41.2 Å². The average molecular weight is 505 g/mol. The lowest BCUT2D eigenvalue weighted by Gasteiger charge is -2.61. The van der Waals surface area contributed by atoms with Gasteiger partial charge in [0.2, 0.25) is 5.91 Å². The second-order valence-electron chi connectivity index (χ2n) is 13.4. The van der Waals surface area contributed by atoms with Crippen molar-refractivity contribution in [3.63, 3.8) is 0 Å². The number of hydrogen-bond donors (Lipinski definition) is 0. The summed E-state index contributed by atoms with van der Waals surface area (Å²) in [5, 5.41) is 0.0306. The molecule has 2 heterocycles. The van der Waals surface area contributed by atoms with Crippen molar-refractivity contribution >= 4 is 28.6 Å². The summed E-state index contributed by atoms with van der Waals surface area (Å²) < 4.78 is 14.7. The van der Waals surface area contributed by atoms with Crippen LogP contribution in [0.3, 0.4) is 0 Å². The lowest BCUT2D eigenvalue weighted by atomic mass is 9.78. The number of rotatable bonds is 6. The van der Waals surface area contributed by atoms with E-state index in [1.54, 1.807) is 4.90 Å². The first-order valence-electron chi connectivity index (χ1n) is 12.4. The van der Waals surface area contributed by atoms with Gasteiger partial charge in [0.05, 0.1) is 18.2 Å². The first kappa shape index (κ1) is 26.9. The molecule has 2 fully saturated rings. The Balaban J connectivity index is 2.09. The molecule has 1 aromatic rings. The van der Waals surface area contributed by atoms with Gasteiger partial charge in [-0.2, -0.15) is 0 Å². The normalized spacial score (nSPS) is 25.3. The Morgan fingerprint density at radius 1 is 0.971 bits per heavy atom. The first-order valence-corrected chi connectivity index (χ1v) is 18.7. The van der Waals surface area contributed by atoms with Crippen molar-refractivity contribution in [1.82, 2.24) is 9.47 Å². The zero-order valence-corrected chi connectivity index (χ0v) is 24.9. The van der Waals surface area contributed by atoms with E-state index in [1.807, 2.05) is 30.3 Å². The fraction of sp³-hybridized carbons (Fsp3) is 0.692. The fourth-order valence-electron chi connectivity index (χ4n) is 4.78. The molecule has 0 aliphatic carbocycles. The van der Waals surface area contributed by atoms with Gasteiger partial charge in [0.1, 0.15) is 12.6 Å². The van der Waals surface area contributed by atoms with E-state index in [2.05, 4.69) is 78.8 Å². The molecule has 34 heavy (non-hydrogen) atoms. The minimum absolute atomic E-state index is 0.0250. The van der Waals surface area contributed by atoms with Gasteiger partial charge in [0.15, 0.2) is 16.6 Å². The standard InChI is InChI=1S/C26H44N2O4Si2/c1-25(2,3)22(32-34(10,11)26(4,5)6)20-21(23(29)28(20)33(7,8)9)27-19(17-31-24(27)30)18-15-13-12-14-16-18/h12-16,19-22H,17H2,1-11H3/t19-,20-,21+,22-/m1/s1. The molecule has 2 aliphatic rings. The Morgan fingerprint density at radius 3 is 2.00 bits per heavy atom. The minimum atomic E-state index is -2.16. The Kier molecular flexibility index (Phi) is 6.96. The first-order chi connectivity index (χ1) is 15.4. The molecular weight excluding hydrogens is 460 g/mol. The smallest absolute Gasteiger partial charge is 0.411 e. The van der Waals surface area contributed by atoms with Gasteiger partial charge < -0.3 is 13.7 Å². The monoisotopic (exact) mass is 504 g/mol. The predicted octanol–water partition coefficient (Wildman–Crippen LogP) is 6.03. The van der Waals surface area contributed by atoms with Crippen LogP contribution in [0.1, 0.15) is 53.1 Å². The zero-order valence-electron chi connectivity index (χ0n) is 22.9. The SMILES string of the molecule is CC(C)(C)[C@H](O[Si](C)(C)C(C)(C)C)[C@H]1[C@H](N2C(=O)OC[C@@H]2c2ccccc2)C(=O)N1[Si](C)(C)C. The summed E-state index contributed by atoms with van der Waals surface area (Å²) in [5.41, 5.74) is 0.770. The van der Waals surface area contributed by atoms with E-state index in [9.17, 15) is 9.59 Å². The van der Waals surface area contributed by atoms with Crippen LogP contribution in [0.2, 0.25) is 37.8 Å². The summed E-state index contributed by atoms with van der Waals surface area (Å²) in [6, 6.07) is 8.82. The van der Waals surface area contributed by atoms with Crippen LogP contribution in [0.15, 0.2) is 30.3 Å². The molecule has 0 radical (unpaired) electrons. The number of carbonyl (C=O) groups excluding carboxylic acids is 2. The number of ether oxygens (including phenoxy) is 1. The third kappa shape index (κ3) is 4.86. The molecule has 2 amide bonds. The van der Waals surface area contributed by atoms with Crippen molar-refractivity contribution in [1.29, 1.82) is 0 Å². The fourth-order valence-corrected chi connectivity index (χ4v) is 8.23. The van der Waals surface area contributed by atoms with Crippen molar-refractivity contribution in [3.05, 3.63) is 35.9 Å². The van der Waals surface area contributed by atoms with Gasteiger partial charge in [-0.15, -0.1) is 0 Å². The third-order valence-electron chi connectivity index (χ3n) is 7.62. The molecule has 1 aromatic carbocycles. The van der Waals surface area contributed by atoms with Crippen LogP contribution in [0.4, 0.5) is 4.79 Å². The molecule has 0 N–H and O–H groups in total. The van der Waals surface area contributed by atoms with Crippen molar-refractivity contribution < 1.29 is 18.8 Å². The number of hydrogen-bond acceptors (Lipinski definition) is 4. The molecule has 3 rings (SSSR count). The van der Waals surface area contributed by atoms with Crippen LogP contribution in [0.5, 0.6) is 0 Å². The van der Waals surface area contributed by atoms with Gasteiger partial charge in [-0.05, 0) is 29.1 Å². The maximum absolute atomic E-state index is 13.8. The second kappa shape index (κ2) is 8.78. The predicted molar refractivity (Wildman–Crippen MR) is 142 cm³/mol. The van der Waals surface area contributed by atoms with Gasteiger partial charge in [-0.1, -0.05) is 91.5 Å². The van der Waals surface area contributed by atoms with Gasteiger partial charge >= 0.3 is 6.09 Å². The van der Waals surface area contributed by atoms with Crippen molar-refractivity contribution in [2.45, 2.75) is 104 Å². The van der Waals surface area contributed by atoms with Crippen LogP contribution in [-0.4, -0.2) is 62.8 Å². The van der Waals surface area contributed by atoms with Gasteiger partial charge in [0.25, 0.3) is 0 Å². The lowest BCUT2D eigenvalue weighted by molar-refractivity contribution is -0.160. The van der Waals surface area contributed by atoms with Crippen molar-refractivity contribution in [2.75, 3.05) is 6.61 Å². The average Bonchev–Trinajstić information content (AvgIpc) is 3.03. The highest BCUT2D eigenvalue weighted by atomic mass is 28.4. The molecule has 8 heteroatoms. The quantitative estimate of drug-likeness (QED) is 0.350. The number of carbonyl (C=O) groups is 2. The zero-order chi connectivity index (χ0) is 25.9. The molecule has 0 bridgehead atoms. The highest BCUT2D eigenvalue weighted by Gasteiger charge is 2.63. The van der Waals surface area contributed by atoms with Gasteiger partial charge in [0, 0.05) is 0 Å². The molecule has 6 nitrogen and oxygen atoms in total. The molecule has 4 atom stereocenters. The minimum Gasteiger partial charge on any atom is -0.447 e. The summed E-state index contributed by atoms with van der Waals surface area (Å²) in [5.74, 6) is 0.0250. The van der Waals surface area contributed by atoms with Crippen LogP contribution in [-0.2, 0) is 14.0 Å². The molecule has 190 valence electrons. The lowest BCUT2D eigenvalue weighted by Crippen LogP contribution is -2.81. The van der Waals surface area contributed by atoms with E-state index in [0.29, 0.717) is 0 Å². The van der Waals surface area contributed by atoms with E-state index in [0.717, 1.165) is 5.56 Å². The van der Waals surface area contributed by atoms with Gasteiger partial charge in [-0.3, -0.25) is 9.69 Å². The molecule has 2 saturated heterocycles. The van der Waals surface area contributed by atoms with E-state index < -0.39 is 28.7 Å². The summed E-state index contributed by atoms with van der Waals surface area (Å²) in [6.45, 7) is 24.6. The highest BCUT2D eigenvalue weighted by molar-refractivity contribution is 6.76. The molecular formula is C26H44N2O4Si2. The molecule has 2 aliphatic heterocycles. The number of cyclic esters (lactones) is 1. The molecule has 0 saturated carbocycles. The number of amides is 2. The van der Waals surface area contributed by atoms with Crippen LogP contribution in [0, 0.1) is 5.41 Å². The summed E-state index contributed by atoms with van der Waals surface area (Å²) in [4.78, 5) is 28.6. The largest absolute Gasteiger partial charge is 0.447 e. The number of benzene rings is 1. The maximum Gasteiger partial charge on any atom is 0.411 e. The Bertz CT molecular complexity index is 915. The number of β-lactam (4-membered cyclic amide) rings is 1. The van der Waals surface area contributed by atoms with E-state index >= 15 is 0 Å². The highest BCUT2D eigenvalue weighted by Crippen LogP contribution is 2.47. The molecule has 0 spiro atoms. The Hall–Kier alpha value is -1.65. The van der Waals surface area contributed by atoms with Crippen molar-refractivity contribution in [2.24, 2.45) is 5.41 Å². The Labute approximate surface area is 208 Å². The summed E-state index contributed by atoms with van der Waals surface area (Å²) >= 11 is 0. The van der Waals surface area contributed by atoms with Crippen molar-refractivity contribution in [3.8, 4) is 0 Å².